The maximum atomic E-state index is 13.3. The van der Waals surface area contributed by atoms with Crippen molar-refractivity contribution in [3.8, 4) is 0 Å². The number of hydrogen-bond acceptors (Lipinski definition) is 3. The fourth-order valence-electron chi connectivity index (χ4n) is 3.75. The maximum absolute atomic E-state index is 13.3. The van der Waals surface area contributed by atoms with Crippen LogP contribution in [0, 0.1) is 13.8 Å². The molecule has 6 heteroatoms. The minimum absolute atomic E-state index is 0.212. The molecule has 1 unspecified atom stereocenters. The van der Waals surface area contributed by atoms with Gasteiger partial charge >= 0.3 is 0 Å². The molecule has 0 fully saturated rings. The van der Waals surface area contributed by atoms with Gasteiger partial charge in [0.25, 0.3) is 11.5 Å². The van der Waals surface area contributed by atoms with Crippen molar-refractivity contribution < 1.29 is 4.79 Å². The first-order valence-electron chi connectivity index (χ1n) is 8.62. The second-order valence-corrected chi connectivity index (χ2v) is 6.65. The van der Waals surface area contributed by atoms with Gasteiger partial charge in [-0.25, -0.2) is 0 Å². The summed E-state index contributed by atoms with van der Waals surface area (Å²) in [5.41, 5.74) is 3.28. The summed E-state index contributed by atoms with van der Waals surface area (Å²) in [6, 6.07) is 9.40. The van der Waals surface area contributed by atoms with Crippen molar-refractivity contribution in [2.75, 3.05) is 6.54 Å². The van der Waals surface area contributed by atoms with Gasteiger partial charge in [0.2, 0.25) is 0 Å². The smallest absolute Gasteiger partial charge is 0.261 e. The lowest BCUT2D eigenvalue weighted by Crippen LogP contribution is -2.44. The molecule has 0 bridgehead atoms. The summed E-state index contributed by atoms with van der Waals surface area (Å²) in [6.07, 6.45) is 5.51. The fraction of sp³-hybridized carbons (Fsp3) is 0.250. The van der Waals surface area contributed by atoms with Gasteiger partial charge in [-0.2, -0.15) is 0 Å². The molecule has 0 radical (unpaired) electrons. The zero-order valence-electron chi connectivity index (χ0n) is 14.8. The summed E-state index contributed by atoms with van der Waals surface area (Å²) >= 11 is 0. The van der Waals surface area contributed by atoms with Gasteiger partial charge in [-0.05, 0) is 49.2 Å². The molecule has 1 atom stereocenters. The molecule has 0 aromatic carbocycles. The van der Waals surface area contributed by atoms with Crippen molar-refractivity contribution in [3.05, 3.63) is 87.4 Å². The number of aromatic amines is 1. The highest BCUT2D eigenvalue weighted by molar-refractivity contribution is 5.95. The molecule has 0 aliphatic carbocycles. The second kappa shape index (κ2) is 6.29. The highest BCUT2D eigenvalue weighted by atomic mass is 16.2. The van der Waals surface area contributed by atoms with Gasteiger partial charge in [-0.1, -0.05) is 6.07 Å². The van der Waals surface area contributed by atoms with E-state index in [0.717, 1.165) is 17.0 Å². The number of amides is 1. The monoisotopic (exact) mass is 348 g/mol. The molecule has 1 amide bonds. The second-order valence-electron chi connectivity index (χ2n) is 6.65. The van der Waals surface area contributed by atoms with Crippen molar-refractivity contribution in [2.45, 2.75) is 26.4 Å². The molecule has 6 nitrogen and oxygen atoms in total. The van der Waals surface area contributed by atoms with E-state index in [4.69, 9.17) is 0 Å². The number of nitrogens with one attached hydrogen (secondary N) is 1. The SMILES string of the molecule is Cc1cc(C)c(C(=O)N2CCn3cccc3C2c2cccnc2)c(=O)[nH]1. The van der Waals surface area contributed by atoms with Crippen LogP contribution in [0.5, 0.6) is 0 Å². The predicted octanol–water partition coefficient (Wildman–Crippen LogP) is 2.43. The van der Waals surface area contributed by atoms with Crippen LogP contribution in [0.3, 0.4) is 0 Å². The highest BCUT2D eigenvalue weighted by Crippen LogP contribution is 2.33. The van der Waals surface area contributed by atoms with Gasteiger partial charge in [0.1, 0.15) is 5.56 Å². The summed E-state index contributed by atoms with van der Waals surface area (Å²) in [5, 5.41) is 0. The Balaban J connectivity index is 1.83. The third-order valence-electron chi connectivity index (χ3n) is 4.88. The van der Waals surface area contributed by atoms with Crippen LogP contribution in [0.25, 0.3) is 0 Å². The van der Waals surface area contributed by atoms with Crippen molar-refractivity contribution >= 4 is 5.91 Å². The Hall–Kier alpha value is -3.15. The number of aromatic nitrogens is 3. The molecule has 0 spiro atoms. The predicted molar refractivity (Wildman–Crippen MR) is 98.1 cm³/mol. The van der Waals surface area contributed by atoms with E-state index < -0.39 is 0 Å². The Morgan fingerprint density at radius 2 is 2.08 bits per heavy atom. The topological polar surface area (TPSA) is 71.0 Å². The lowest BCUT2D eigenvalue weighted by Gasteiger charge is -2.37. The van der Waals surface area contributed by atoms with Crippen LogP contribution >= 0.6 is 0 Å². The molecule has 4 heterocycles. The molecule has 3 aromatic heterocycles. The Labute approximate surface area is 151 Å². The minimum Gasteiger partial charge on any atom is -0.348 e. The first kappa shape index (κ1) is 16.3. The number of carbonyl (C=O) groups excluding carboxylic acids is 1. The first-order chi connectivity index (χ1) is 12.6. The molecule has 3 aromatic rings. The number of H-pyrrole nitrogens is 1. The molecule has 1 aliphatic rings. The third kappa shape index (κ3) is 2.63. The lowest BCUT2D eigenvalue weighted by atomic mass is 9.99. The number of nitrogens with zero attached hydrogens (tertiary/aromatic N) is 3. The molecule has 1 aliphatic heterocycles. The first-order valence-corrected chi connectivity index (χ1v) is 8.62. The zero-order chi connectivity index (χ0) is 18.3. The van der Waals surface area contributed by atoms with Crippen molar-refractivity contribution in [1.29, 1.82) is 0 Å². The molecule has 4 rings (SSSR count). The normalized spacial score (nSPS) is 16.4. The Bertz CT molecular complexity index is 1020. The van der Waals surface area contributed by atoms with E-state index in [9.17, 15) is 9.59 Å². The summed E-state index contributed by atoms with van der Waals surface area (Å²) in [6.45, 7) is 4.86. The lowest BCUT2D eigenvalue weighted by molar-refractivity contribution is 0.0661. The van der Waals surface area contributed by atoms with E-state index in [1.165, 1.54) is 0 Å². The van der Waals surface area contributed by atoms with Gasteiger partial charge in [-0.15, -0.1) is 0 Å². The van der Waals surface area contributed by atoms with E-state index in [1.807, 2.05) is 43.5 Å². The molecule has 0 saturated carbocycles. The van der Waals surface area contributed by atoms with Crippen LogP contribution in [0.1, 0.15) is 38.9 Å². The summed E-state index contributed by atoms with van der Waals surface area (Å²) in [4.78, 5) is 34.5. The number of hydrogen-bond donors (Lipinski definition) is 1. The van der Waals surface area contributed by atoms with E-state index in [1.54, 1.807) is 24.2 Å². The number of aryl methyl sites for hydroxylation is 2. The van der Waals surface area contributed by atoms with Crippen LogP contribution < -0.4 is 5.56 Å². The van der Waals surface area contributed by atoms with Crippen LogP contribution in [0.15, 0.2) is 53.7 Å². The number of carbonyl (C=O) groups is 1. The highest BCUT2D eigenvalue weighted by Gasteiger charge is 2.34. The van der Waals surface area contributed by atoms with Crippen LogP contribution in [-0.2, 0) is 6.54 Å². The van der Waals surface area contributed by atoms with Gasteiger partial charge < -0.3 is 14.5 Å². The summed E-state index contributed by atoms with van der Waals surface area (Å²) in [5.74, 6) is -0.245. The molecule has 26 heavy (non-hydrogen) atoms. The standard InChI is InChI=1S/C20H20N4O2/c1-13-11-14(2)22-19(25)17(13)20(26)24-10-9-23-8-4-6-16(23)18(24)15-5-3-7-21-12-15/h3-8,11-12,18H,9-10H2,1-2H3,(H,22,25). The zero-order valence-corrected chi connectivity index (χ0v) is 14.8. The van der Waals surface area contributed by atoms with E-state index in [-0.39, 0.29) is 23.1 Å². The quantitative estimate of drug-likeness (QED) is 0.773. The van der Waals surface area contributed by atoms with Crippen LogP contribution in [0.4, 0.5) is 0 Å². The van der Waals surface area contributed by atoms with Crippen molar-refractivity contribution in [3.63, 3.8) is 0 Å². The fourth-order valence-corrected chi connectivity index (χ4v) is 3.75. The number of fused-ring (bicyclic) bond motifs is 1. The number of rotatable bonds is 2. The minimum atomic E-state index is -0.335. The average Bonchev–Trinajstić information content (AvgIpc) is 3.09. The largest absolute Gasteiger partial charge is 0.348 e. The van der Waals surface area contributed by atoms with E-state index in [2.05, 4.69) is 14.5 Å². The van der Waals surface area contributed by atoms with E-state index in [0.29, 0.717) is 18.7 Å². The van der Waals surface area contributed by atoms with Crippen LogP contribution in [0.2, 0.25) is 0 Å². The molecular weight excluding hydrogens is 328 g/mol. The molecule has 132 valence electrons. The summed E-state index contributed by atoms with van der Waals surface area (Å²) in [7, 11) is 0. The van der Waals surface area contributed by atoms with Gasteiger partial charge in [0.15, 0.2) is 0 Å². The Morgan fingerprint density at radius 1 is 1.23 bits per heavy atom. The van der Waals surface area contributed by atoms with Crippen molar-refractivity contribution in [2.24, 2.45) is 0 Å². The van der Waals surface area contributed by atoms with Gasteiger partial charge in [0.05, 0.1) is 6.04 Å². The number of pyridine rings is 2. The molecule has 1 N–H and O–H groups in total. The summed E-state index contributed by atoms with van der Waals surface area (Å²) < 4.78 is 2.15. The average molecular weight is 348 g/mol. The third-order valence-corrected chi connectivity index (χ3v) is 4.88. The van der Waals surface area contributed by atoms with Gasteiger partial charge in [-0.3, -0.25) is 14.6 Å². The molecule has 0 saturated heterocycles. The van der Waals surface area contributed by atoms with Crippen molar-refractivity contribution in [1.82, 2.24) is 19.4 Å². The maximum Gasteiger partial charge on any atom is 0.261 e. The van der Waals surface area contributed by atoms with E-state index >= 15 is 0 Å². The Morgan fingerprint density at radius 3 is 2.81 bits per heavy atom. The van der Waals surface area contributed by atoms with Gasteiger partial charge in [0, 0.05) is 43.1 Å². The Kier molecular flexibility index (Phi) is 3.95. The molecular formula is C20H20N4O2. The van der Waals surface area contributed by atoms with Crippen LogP contribution in [-0.4, -0.2) is 31.9 Å².